The zero-order valence-electron chi connectivity index (χ0n) is 6.16. The second kappa shape index (κ2) is 3.51. The van der Waals surface area contributed by atoms with Crippen LogP contribution >= 0.6 is 11.3 Å². The summed E-state index contributed by atoms with van der Waals surface area (Å²) >= 11 is 0.921. The van der Waals surface area contributed by atoms with Gasteiger partial charge in [0.1, 0.15) is 0 Å². The van der Waals surface area contributed by atoms with Crippen LogP contribution in [0, 0.1) is 0 Å². The van der Waals surface area contributed by atoms with E-state index in [1.807, 2.05) is 0 Å². The lowest BCUT2D eigenvalue weighted by molar-refractivity contribution is 0.554. The zero-order valence-corrected chi connectivity index (χ0v) is 7.79. The molecule has 2 N–H and O–H groups in total. The number of hydrogen-bond acceptors (Lipinski definition) is 4. The van der Waals surface area contributed by atoms with Gasteiger partial charge < -0.3 is 5.73 Å². The van der Waals surface area contributed by atoms with Gasteiger partial charge in [-0.1, -0.05) is 3.89 Å². The molecule has 0 aromatic carbocycles. The van der Waals surface area contributed by atoms with Gasteiger partial charge in [-0.05, 0) is 25.1 Å². The molecule has 0 aliphatic carbocycles. The first-order valence-corrected chi connectivity index (χ1v) is 5.47. The highest BCUT2D eigenvalue weighted by molar-refractivity contribution is 7.88. The molecule has 0 bridgehead atoms. The van der Waals surface area contributed by atoms with E-state index < -0.39 is 10.2 Å². The van der Waals surface area contributed by atoms with E-state index in [1.165, 1.54) is 6.07 Å². The summed E-state index contributed by atoms with van der Waals surface area (Å²) in [6.45, 7) is 0.437. The average Bonchev–Trinajstić information content (AvgIpc) is 2.35. The quantitative estimate of drug-likeness (QED) is 0.753. The summed E-state index contributed by atoms with van der Waals surface area (Å²) in [7, 11) is -4.52. The molecule has 0 aliphatic heterocycles. The third kappa shape index (κ3) is 2.26. The van der Waals surface area contributed by atoms with Crippen molar-refractivity contribution in [2.75, 3.05) is 6.54 Å². The van der Waals surface area contributed by atoms with Crippen molar-refractivity contribution in [2.24, 2.45) is 5.73 Å². The lowest BCUT2D eigenvalue weighted by Gasteiger charge is -1.88. The van der Waals surface area contributed by atoms with Crippen LogP contribution in [0.2, 0.25) is 0 Å². The Bertz CT molecular complexity index is 357. The van der Waals surface area contributed by atoms with Crippen LogP contribution in [0.25, 0.3) is 0 Å². The Morgan fingerprint density at radius 1 is 1.50 bits per heavy atom. The van der Waals surface area contributed by atoms with Crippen LogP contribution in [-0.2, 0) is 16.6 Å². The highest BCUT2D eigenvalue weighted by Gasteiger charge is 2.14. The largest absolute Gasteiger partial charge is 0.341 e. The van der Waals surface area contributed by atoms with Crippen molar-refractivity contribution in [1.29, 1.82) is 0 Å². The summed E-state index contributed by atoms with van der Waals surface area (Å²) in [4.78, 5) is 0.786. The molecule has 6 heteroatoms. The third-order valence-electron chi connectivity index (χ3n) is 1.27. The molecule has 0 unspecified atom stereocenters. The lowest BCUT2D eigenvalue weighted by atomic mass is 10.3. The van der Waals surface area contributed by atoms with Gasteiger partial charge in [-0.25, -0.2) is 0 Å². The number of nitrogens with two attached hydrogens (primary N) is 1. The molecule has 1 aromatic heterocycles. The van der Waals surface area contributed by atoms with Gasteiger partial charge in [-0.15, -0.1) is 11.3 Å². The number of hydrogen-bond donors (Lipinski definition) is 1. The molecule has 0 aliphatic rings. The van der Waals surface area contributed by atoms with E-state index in [1.54, 1.807) is 6.07 Å². The van der Waals surface area contributed by atoms with Crippen molar-refractivity contribution in [3.63, 3.8) is 0 Å². The fourth-order valence-corrected chi connectivity index (χ4v) is 2.47. The molecule has 0 spiro atoms. The Balaban J connectivity index is 2.92. The summed E-state index contributed by atoms with van der Waals surface area (Å²) in [5.41, 5.74) is 5.24. The third-order valence-corrected chi connectivity index (χ3v) is 3.67. The number of rotatable bonds is 3. The molecule has 0 amide bonds. The second-order valence-electron chi connectivity index (χ2n) is 2.20. The molecule has 0 fully saturated rings. The molecule has 0 saturated carbocycles. The molecule has 12 heavy (non-hydrogen) atoms. The van der Waals surface area contributed by atoms with Crippen molar-refractivity contribution in [1.82, 2.24) is 0 Å². The fraction of sp³-hybridized carbons (Fsp3) is 0.333. The van der Waals surface area contributed by atoms with Crippen LogP contribution in [0.5, 0.6) is 0 Å². The van der Waals surface area contributed by atoms with Crippen molar-refractivity contribution in [3.8, 4) is 0 Å². The normalized spacial score (nSPS) is 11.8. The van der Waals surface area contributed by atoms with E-state index in [0.29, 0.717) is 13.0 Å². The van der Waals surface area contributed by atoms with Gasteiger partial charge in [-0.3, -0.25) is 0 Å². The first kappa shape index (κ1) is 9.63. The van der Waals surface area contributed by atoms with Crippen molar-refractivity contribution >= 4 is 21.6 Å². The number of halogens is 1. The van der Waals surface area contributed by atoms with Gasteiger partial charge in [-0.2, -0.15) is 8.42 Å². The summed E-state index contributed by atoms with van der Waals surface area (Å²) in [6, 6.07) is 2.83. The van der Waals surface area contributed by atoms with E-state index in [2.05, 4.69) is 0 Å². The monoisotopic (exact) mass is 209 g/mol. The van der Waals surface area contributed by atoms with Crippen LogP contribution in [0.15, 0.2) is 16.3 Å². The summed E-state index contributed by atoms with van der Waals surface area (Å²) in [5, 5.41) is 0. The Hall–Kier alpha value is -0.460. The van der Waals surface area contributed by atoms with Crippen LogP contribution in [0.3, 0.4) is 0 Å². The van der Waals surface area contributed by atoms with Gasteiger partial charge in [0.05, 0.1) is 0 Å². The van der Waals surface area contributed by atoms with Gasteiger partial charge in [0.15, 0.2) is 4.21 Å². The molecule has 0 radical (unpaired) electrons. The molecular formula is C6H8FNO2S2. The minimum Gasteiger partial charge on any atom is -0.330 e. The molecule has 0 atom stereocenters. The standard InChI is InChI=1S/C6H8FNO2S2/c7-12(9,10)6-2-1-5(11-6)3-4-8/h1-2H,3-4,8H2. The summed E-state index contributed by atoms with van der Waals surface area (Å²) < 4.78 is 32.8. The van der Waals surface area contributed by atoms with E-state index in [0.717, 1.165) is 16.2 Å². The van der Waals surface area contributed by atoms with Gasteiger partial charge in [0.25, 0.3) is 0 Å². The molecule has 1 rings (SSSR count). The first-order chi connectivity index (χ1) is 5.54. The van der Waals surface area contributed by atoms with E-state index in [-0.39, 0.29) is 4.21 Å². The topological polar surface area (TPSA) is 60.2 Å². The molecule has 1 heterocycles. The smallest absolute Gasteiger partial charge is 0.330 e. The van der Waals surface area contributed by atoms with Gasteiger partial charge in [0.2, 0.25) is 0 Å². The van der Waals surface area contributed by atoms with Crippen molar-refractivity contribution in [2.45, 2.75) is 10.6 Å². The molecule has 0 saturated heterocycles. The highest BCUT2D eigenvalue weighted by Crippen LogP contribution is 2.23. The molecule has 1 aromatic rings. The Kier molecular flexibility index (Phi) is 2.81. The molecular weight excluding hydrogens is 201 g/mol. The van der Waals surface area contributed by atoms with Gasteiger partial charge in [0, 0.05) is 4.88 Å². The van der Waals surface area contributed by atoms with E-state index in [9.17, 15) is 12.3 Å². The van der Waals surface area contributed by atoms with E-state index in [4.69, 9.17) is 5.73 Å². The van der Waals surface area contributed by atoms with Crippen LogP contribution in [0.1, 0.15) is 4.88 Å². The number of thiophene rings is 1. The van der Waals surface area contributed by atoms with Crippen molar-refractivity contribution < 1.29 is 12.3 Å². The first-order valence-electron chi connectivity index (χ1n) is 3.27. The highest BCUT2D eigenvalue weighted by atomic mass is 32.3. The minimum atomic E-state index is -4.52. The van der Waals surface area contributed by atoms with Crippen LogP contribution in [-0.4, -0.2) is 15.0 Å². The van der Waals surface area contributed by atoms with Gasteiger partial charge >= 0.3 is 10.2 Å². The Labute approximate surface area is 74.2 Å². The maximum absolute atomic E-state index is 12.3. The SMILES string of the molecule is NCCc1ccc(S(=O)(=O)F)s1. The van der Waals surface area contributed by atoms with Crippen LogP contribution < -0.4 is 5.73 Å². The fourth-order valence-electron chi connectivity index (χ4n) is 0.766. The maximum Gasteiger partial charge on any atom is 0.341 e. The van der Waals surface area contributed by atoms with E-state index >= 15 is 0 Å². The summed E-state index contributed by atoms with van der Waals surface area (Å²) in [5.74, 6) is 0. The average molecular weight is 209 g/mol. The van der Waals surface area contributed by atoms with Crippen molar-refractivity contribution in [3.05, 3.63) is 17.0 Å². The summed E-state index contributed by atoms with van der Waals surface area (Å²) in [6.07, 6.45) is 0.584. The lowest BCUT2D eigenvalue weighted by Crippen LogP contribution is -2.00. The Morgan fingerprint density at radius 2 is 2.17 bits per heavy atom. The molecule has 68 valence electrons. The predicted octanol–water partition coefficient (Wildman–Crippen LogP) is 0.908. The minimum absolute atomic E-state index is 0.244. The van der Waals surface area contributed by atoms with Crippen LogP contribution in [0.4, 0.5) is 3.89 Å². The Morgan fingerprint density at radius 3 is 2.58 bits per heavy atom. The second-order valence-corrected chi connectivity index (χ2v) is 4.94. The molecule has 3 nitrogen and oxygen atoms in total. The maximum atomic E-state index is 12.3. The predicted molar refractivity (Wildman–Crippen MR) is 45.4 cm³/mol. The zero-order chi connectivity index (χ0) is 9.19.